The Hall–Kier alpha value is -0.860. The fraction of sp³-hybridized carbons (Fsp3) is 0.538. The molecule has 0 amide bonds. The van der Waals surface area contributed by atoms with Crippen molar-refractivity contribution in [2.75, 3.05) is 13.2 Å². The molecule has 2 heteroatoms. The Kier molecular flexibility index (Phi) is 7.01. The molecule has 0 unspecified atom stereocenters. The minimum Gasteiger partial charge on any atom is -0.348 e. The molecule has 0 aliphatic heterocycles. The summed E-state index contributed by atoms with van der Waals surface area (Å²) in [6, 6.07) is 0. The van der Waals surface area contributed by atoms with Crippen LogP contribution in [0.3, 0.4) is 0 Å². The topological polar surface area (TPSA) is 18.5 Å². The van der Waals surface area contributed by atoms with Crippen LogP contribution in [0.4, 0.5) is 0 Å². The fourth-order valence-electron chi connectivity index (χ4n) is 0.921. The highest BCUT2D eigenvalue weighted by Gasteiger charge is 2.09. The summed E-state index contributed by atoms with van der Waals surface area (Å²) in [6.45, 7) is 18.3. The van der Waals surface area contributed by atoms with Crippen LogP contribution in [0.25, 0.3) is 0 Å². The first-order valence-electron chi connectivity index (χ1n) is 5.08. The third kappa shape index (κ3) is 9.44. The Morgan fingerprint density at radius 2 is 1.27 bits per heavy atom. The third-order valence-electron chi connectivity index (χ3n) is 1.55. The minimum atomic E-state index is -0.240. The van der Waals surface area contributed by atoms with Crippen molar-refractivity contribution in [2.24, 2.45) is 0 Å². The van der Waals surface area contributed by atoms with Crippen molar-refractivity contribution in [3.8, 4) is 0 Å². The molecule has 0 radical (unpaired) electrons. The van der Waals surface area contributed by atoms with Crippen LogP contribution >= 0.6 is 0 Å². The second-order valence-corrected chi connectivity index (χ2v) is 4.13. The lowest BCUT2D eigenvalue weighted by atomic mass is 10.2. The number of rotatable bonds is 8. The van der Waals surface area contributed by atoms with E-state index < -0.39 is 0 Å². The second-order valence-electron chi connectivity index (χ2n) is 4.13. The zero-order valence-corrected chi connectivity index (χ0v) is 10.1. The van der Waals surface area contributed by atoms with E-state index in [2.05, 4.69) is 19.7 Å². The molecule has 0 aromatic rings. The monoisotopic (exact) mass is 210 g/mol. The Bertz CT molecular complexity index is 223. The van der Waals surface area contributed by atoms with Gasteiger partial charge in [-0.2, -0.15) is 0 Å². The highest BCUT2D eigenvalue weighted by atomic mass is 16.7. The molecular formula is C13H22O2. The molecule has 0 aliphatic carbocycles. The summed E-state index contributed by atoms with van der Waals surface area (Å²) in [7, 11) is 0. The van der Waals surface area contributed by atoms with E-state index in [0.29, 0.717) is 19.6 Å². The zero-order chi connectivity index (χ0) is 11.8. The maximum absolute atomic E-state index is 5.54. The second kappa shape index (κ2) is 7.43. The van der Waals surface area contributed by atoms with Gasteiger partial charge in [-0.05, 0) is 20.8 Å². The average Bonchev–Trinajstić information content (AvgIpc) is 2.08. The van der Waals surface area contributed by atoms with Crippen molar-refractivity contribution in [3.05, 3.63) is 36.5 Å². The standard InChI is InChI=1S/C13H22O2/c1-10(2)7-13(14-8-11(3)4)15-9-12(5)6/h13H,1,3,5,7-9H2,2,4,6H3. The third-order valence-corrected chi connectivity index (χ3v) is 1.55. The molecule has 0 heterocycles. The van der Waals surface area contributed by atoms with Gasteiger partial charge in [0.1, 0.15) is 0 Å². The highest BCUT2D eigenvalue weighted by Crippen LogP contribution is 2.10. The summed E-state index contributed by atoms with van der Waals surface area (Å²) in [5.41, 5.74) is 3.02. The quantitative estimate of drug-likeness (QED) is 0.451. The van der Waals surface area contributed by atoms with Crippen LogP contribution in [0.15, 0.2) is 36.5 Å². The van der Waals surface area contributed by atoms with Crippen LogP contribution in [-0.4, -0.2) is 19.5 Å². The first-order valence-corrected chi connectivity index (χ1v) is 5.08. The molecule has 0 spiro atoms. The smallest absolute Gasteiger partial charge is 0.162 e. The predicted molar refractivity (Wildman–Crippen MR) is 64.8 cm³/mol. The Morgan fingerprint density at radius 3 is 1.53 bits per heavy atom. The molecule has 0 fully saturated rings. The molecule has 0 atom stereocenters. The van der Waals surface area contributed by atoms with Gasteiger partial charge in [0.15, 0.2) is 6.29 Å². The van der Waals surface area contributed by atoms with Crippen LogP contribution in [0.1, 0.15) is 27.2 Å². The summed E-state index contributed by atoms with van der Waals surface area (Å²) >= 11 is 0. The molecule has 0 aromatic carbocycles. The summed E-state index contributed by atoms with van der Waals surface area (Å²) in [4.78, 5) is 0. The van der Waals surface area contributed by atoms with E-state index >= 15 is 0 Å². The average molecular weight is 210 g/mol. The fourth-order valence-corrected chi connectivity index (χ4v) is 0.921. The van der Waals surface area contributed by atoms with Gasteiger partial charge in [-0.3, -0.25) is 0 Å². The highest BCUT2D eigenvalue weighted by molar-refractivity contribution is 4.92. The van der Waals surface area contributed by atoms with E-state index in [4.69, 9.17) is 9.47 Å². The van der Waals surface area contributed by atoms with E-state index in [1.54, 1.807) is 0 Å². The van der Waals surface area contributed by atoms with E-state index in [1.165, 1.54) is 0 Å². The normalized spacial score (nSPS) is 10.4. The van der Waals surface area contributed by atoms with Gasteiger partial charge in [-0.25, -0.2) is 0 Å². The summed E-state index contributed by atoms with van der Waals surface area (Å²) < 4.78 is 11.1. The van der Waals surface area contributed by atoms with Crippen molar-refractivity contribution in [3.63, 3.8) is 0 Å². The molecule has 86 valence electrons. The van der Waals surface area contributed by atoms with Crippen molar-refractivity contribution in [1.82, 2.24) is 0 Å². The van der Waals surface area contributed by atoms with Crippen molar-refractivity contribution in [2.45, 2.75) is 33.5 Å². The van der Waals surface area contributed by atoms with Gasteiger partial charge in [0.2, 0.25) is 0 Å². The van der Waals surface area contributed by atoms with Crippen LogP contribution in [0, 0.1) is 0 Å². The largest absolute Gasteiger partial charge is 0.348 e. The van der Waals surface area contributed by atoms with E-state index in [0.717, 1.165) is 16.7 Å². The Labute approximate surface area is 93.3 Å². The Morgan fingerprint density at radius 1 is 0.867 bits per heavy atom. The van der Waals surface area contributed by atoms with Gasteiger partial charge in [0.25, 0.3) is 0 Å². The molecule has 0 aromatic heterocycles. The number of hydrogen-bond acceptors (Lipinski definition) is 2. The molecule has 0 rings (SSSR count). The van der Waals surface area contributed by atoms with E-state index in [1.807, 2.05) is 20.8 Å². The molecule has 0 saturated heterocycles. The number of hydrogen-bond donors (Lipinski definition) is 0. The molecular weight excluding hydrogens is 188 g/mol. The van der Waals surface area contributed by atoms with Gasteiger partial charge in [0, 0.05) is 6.42 Å². The SMILES string of the molecule is C=C(C)COC(CC(=C)C)OCC(=C)C. The van der Waals surface area contributed by atoms with Crippen LogP contribution in [0.5, 0.6) is 0 Å². The van der Waals surface area contributed by atoms with Gasteiger partial charge in [-0.1, -0.05) is 36.5 Å². The Balaban J connectivity index is 3.99. The van der Waals surface area contributed by atoms with Gasteiger partial charge in [-0.15, -0.1) is 0 Å². The molecule has 2 nitrogen and oxygen atoms in total. The van der Waals surface area contributed by atoms with Gasteiger partial charge in [0.05, 0.1) is 13.2 Å². The zero-order valence-electron chi connectivity index (χ0n) is 10.1. The first kappa shape index (κ1) is 14.1. The van der Waals surface area contributed by atoms with E-state index in [9.17, 15) is 0 Å². The van der Waals surface area contributed by atoms with Crippen molar-refractivity contribution in [1.29, 1.82) is 0 Å². The minimum absolute atomic E-state index is 0.240. The lowest BCUT2D eigenvalue weighted by Gasteiger charge is -2.18. The van der Waals surface area contributed by atoms with Crippen molar-refractivity contribution >= 4 is 0 Å². The van der Waals surface area contributed by atoms with Gasteiger partial charge < -0.3 is 9.47 Å². The maximum atomic E-state index is 5.54. The molecule has 0 saturated carbocycles. The molecule has 0 aliphatic rings. The van der Waals surface area contributed by atoms with E-state index in [-0.39, 0.29) is 6.29 Å². The van der Waals surface area contributed by atoms with Crippen LogP contribution < -0.4 is 0 Å². The van der Waals surface area contributed by atoms with Crippen molar-refractivity contribution < 1.29 is 9.47 Å². The lowest BCUT2D eigenvalue weighted by molar-refractivity contribution is -0.128. The molecule has 15 heavy (non-hydrogen) atoms. The van der Waals surface area contributed by atoms with Crippen LogP contribution in [-0.2, 0) is 9.47 Å². The summed E-state index contributed by atoms with van der Waals surface area (Å²) in [6.07, 6.45) is 0.469. The van der Waals surface area contributed by atoms with Crippen LogP contribution in [0.2, 0.25) is 0 Å². The molecule has 0 bridgehead atoms. The first-order chi connectivity index (χ1) is 6.91. The summed E-state index contributed by atoms with van der Waals surface area (Å²) in [5.74, 6) is 0. The maximum Gasteiger partial charge on any atom is 0.162 e. The number of ether oxygens (including phenoxy) is 2. The summed E-state index contributed by atoms with van der Waals surface area (Å²) in [5, 5.41) is 0. The van der Waals surface area contributed by atoms with Gasteiger partial charge >= 0.3 is 0 Å². The predicted octanol–water partition coefficient (Wildman–Crippen LogP) is 3.46. The lowest BCUT2D eigenvalue weighted by Crippen LogP contribution is -2.19. The molecule has 0 N–H and O–H groups in total.